The molecule has 6 heteroatoms. The Labute approximate surface area is 304 Å². The highest BCUT2D eigenvalue weighted by molar-refractivity contribution is 7.21. The molecule has 0 aliphatic rings. The van der Waals surface area contributed by atoms with Crippen LogP contribution < -0.4 is 0 Å². The third-order valence-electron chi connectivity index (χ3n) is 9.51. The Hall–Kier alpha value is -6.76. The highest BCUT2D eigenvalue weighted by atomic mass is 32.1. The normalized spacial score (nSPS) is 11.5. The van der Waals surface area contributed by atoms with Gasteiger partial charge < -0.3 is 4.57 Å². The monoisotopic (exact) mass is 683 g/mol. The Kier molecular flexibility index (Phi) is 7.25. The molecule has 0 unspecified atom stereocenters. The van der Waals surface area contributed by atoms with E-state index in [0.29, 0.717) is 17.5 Å². The Bertz CT molecular complexity index is 2790. The lowest BCUT2D eigenvalue weighted by molar-refractivity contribution is 1.07. The van der Waals surface area contributed by atoms with E-state index in [0.717, 1.165) is 49.6 Å². The Morgan fingerprint density at radius 3 is 1.52 bits per heavy atom. The number of nitrogens with zero attached hydrogens (tertiary/aromatic N) is 5. The molecule has 0 saturated heterocycles. The van der Waals surface area contributed by atoms with Gasteiger partial charge in [-0.2, -0.15) is 0 Å². The molecule has 0 N–H and O–H groups in total. The van der Waals surface area contributed by atoms with Crippen LogP contribution in [0.25, 0.3) is 93.6 Å². The molecular formula is C46H29N5S. The van der Waals surface area contributed by atoms with E-state index in [1.165, 1.54) is 26.5 Å². The first kappa shape index (κ1) is 30.1. The maximum Gasteiger partial charge on any atom is 0.164 e. The molecular weight excluding hydrogens is 655 g/mol. The second kappa shape index (κ2) is 12.5. The predicted octanol–water partition coefficient (Wildman–Crippen LogP) is 11.9. The summed E-state index contributed by atoms with van der Waals surface area (Å²) < 4.78 is 3.56. The van der Waals surface area contributed by atoms with Gasteiger partial charge >= 0.3 is 0 Å². The van der Waals surface area contributed by atoms with E-state index in [9.17, 15) is 0 Å². The van der Waals surface area contributed by atoms with Crippen LogP contribution in [-0.4, -0.2) is 24.5 Å². The highest BCUT2D eigenvalue weighted by Crippen LogP contribution is 2.37. The molecule has 0 aliphatic carbocycles. The average Bonchev–Trinajstić information content (AvgIpc) is 3.81. The molecule has 3 aromatic heterocycles. The zero-order valence-corrected chi connectivity index (χ0v) is 28.7. The van der Waals surface area contributed by atoms with Crippen LogP contribution in [0, 0.1) is 0 Å². The predicted molar refractivity (Wildman–Crippen MR) is 215 cm³/mol. The molecule has 0 atom stereocenters. The van der Waals surface area contributed by atoms with E-state index >= 15 is 0 Å². The standard InChI is InChI=1S/C46H29N5S/c1-3-11-32(12-4-1)43-48-44(33-13-5-2-6-14-33)50-45(49-43)34-21-19-30(20-22-34)31-23-26-36(27-24-31)51-40-17-9-7-15-37(40)38-29-35(25-28-41(38)51)46-47-39-16-8-10-18-42(39)52-46/h1-29H. The fourth-order valence-corrected chi connectivity index (χ4v) is 7.89. The second-order valence-corrected chi connectivity index (χ2v) is 13.8. The van der Waals surface area contributed by atoms with Gasteiger partial charge in [0.25, 0.3) is 0 Å². The van der Waals surface area contributed by atoms with Crippen molar-refractivity contribution in [3.8, 4) is 61.5 Å². The molecule has 244 valence electrons. The maximum absolute atomic E-state index is 4.93. The van der Waals surface area contributed by atoms with Crippen LogP contribution in [0.2, 0.25) is 0 Å². The minimum atomic E-state index is 0.646. The minimum absolute atomic E-state index is 0.646. The third kappa shape index (κ3) is 5.34. The first-order chi connectivity index (χ1) is 25.7. The van der Waals surface area contributed by atoms with E-state index in [1.54, 1.807) is 11.3 Å². The molecule has 0 amide bonds. The van der Waals surface area contributed by atoms with Gasteiger partial charge in [0.2, 0.25) is 0 Å². The zero-order chi connectivity index (χ0) is 34.4. The molecule has 7 aromatic carbocycles. The largest absolute Gasteiger partial charge is 0.309 e. The van der Waals surface area contributed by atoms with Crippen LogP contribution in [0.5, 0.6) is 0 Å². The smallest absolute Gasteiger partial charge is 0.164 e. The summed E-state index contributed by atoms with van der Waals surface area (Å²) >= 11 is 1.74. The quantitative estimate of drug-likeness (QED) is 0.175. The van der Waals surface area contributed by atoms with Crippen LogP contribution >= 0.6 is 11.3 Å². The van der Waals surface area contributed by atoms with Gasteiger partial charge in [-0.3, -0.25) is 0 Å². The summed E-state index contributed by atoms with van der Waals surface area (Å²) in [6.07, 6.45) is 0. The van der Waals surface area contributed by atoms with Crippen molar-refractivity contribution < 1.29 is 0 Å². The zero-order valence-electron chi connectivity index (χ0n) is 27.9. The summed E-state index contributed by atoms with van der Waals surface area (Å²) in [5, 5.41) is 3.49. The number of rotatable bonds is 6. The summed E-state index contributed by atoms with van der Waals surface area (Å²) in [5.74, 6) is 1.96. The number of aromatic nitrogens is 5. The summed E-state index contributed by atoms with van der Waals surface area (Å²) in [4.78, 5) is 19.6. The second-order valence-electron chi connectivity index (χ2n) is 12.7. The Balaban J connectivity index is 0.987. The lowest BCUT2D eigenvalue weighted by atomic mass is 10.0. The van der Waals surface area contributed by atoms with Gasteiger partial charge in [0.05, 0.1) is 21.3 Å². The maximum atomic E-state index is 4.93. The van der Waals surface area contributed by atoms with E-state index in [4.69, 9.17) is 19.9 Å². The van der Waals surface area contributed by atoms with E-state index in [1.807, 2.05) is 66.7 Å². The molecule has 0 bridgehead atoms. The molecule has 0 spiro atoms. The minimum Gasteiger partial charge on any atom is -0.309 e. The van der Waals surface area contributed by atoms with Crippen molar-refractivity contribution in [1.29, 1.82) is 0 Å². The van der Waals surface area contributed by atoms with Gasteiger partial charge in [0, 0.05) is 38.7 Å². The molecule has 10 rings (SSSR count). The topological polar surface area (TPSA) is 56.5 Å². The number of benzene rings is 7. The Morgan fingerprint density at radius 2 is 0.865 bits per heavy atom. The van der Waals surface area contributed by atoms with Crippen LogP contribution in [0.1, 0.15) is 0 Å². The van der Waals surface area contributed by atoms with Gasteiger partial charge in [-0.05, 0) is 59.7 Å². The van der Waals surface area contributed by atoms with E-state index < -0.39 is 0 Å². The lowest BCUT2D eigenvalue weighted by Crippen LogP contribution is -2.00. The molecule has 5 nitrogen and oxygen atoms in total. The summed E-state index contributed by atoms with van der Waals surface area (Å²) in [6, 6.07) is 61.1. The fraction of sp³-hybridized carbons (Fsp3) is 0. The van der Waals surface area contributed by atoms with Crippen LogP contribution in [-0.2, 0) is 0 Å². The van der Waals surface area contributed by atoms with Crippen LogP contribution in [0.15, 0.2) is 176 Å². The molecule has 0 radical (unpaired) electrons. The number of para-hydroxylation sites is 2. The van der Waals surface area contributed by atoms with E-state index in [2.05, 4.69) is 114 Å². The highest BCUT2D eigenvalue weighted by Gasteiger charge is 2.16. The Morgan fingerprint density at radius 1 is 0.365 bits per heavy atom. The number of thiazole rings is 1. The van der Waals surface area contributed by atoms with Gasteiger partial charge in [-0.25, -0.2) is 19.9 Å². The van der Waals surface area contributed by atoms with Crippen molar-refractivity contribution in [1.82, 2.24) is 24.5 Å². The van der Waals surface area contributed by atoms with Gasteiger partial charge in [-0.15, -0.1) is 11.3 Å². The summed E-state index contributed by atoms with van der Waals surface area (Å²) in [5.41, 5.74) is 10.8. The van der Waals surface area contributed by atoms with Crippen molar-refractivity contribution in [2.45, 2.75) is 0 Å². The first-order valence-electron chi connectivity index (χ1n) is 17.2. The summed E-state index contributed by atoms with van der Waals surface area (Å²) in [6.45, 7) is 0. The van der Waals surface area contributed by atoms with Crippen LogP contribution in [0.4, 0.5) is 0 Å². The van der Waals surface area contributed by atoms with Crippen molar-refractivity contribution in [3.63, 3.8) is 0 Å². The van der Waals surface area contributed by atoms with Crippen molar-refractivity contribution >= 4 is 43.4 Å². The number of fused-ring (bicyclic) bond motifs is 4. The average molecular weight is 684 g/mol. The number of hydrogen-bond acceptors (Lipinski definition) is 5. The lowest BCUT2D eigenvalue weighted by Gasteiger charge is -2.11. The first-order valence-corrected chi connectivity index (χ1v) is 18.0. The molecule has 0 saturated carbocycles. The molecule has 0 aliphatic heterocycles. The van der Waals surface area contributed by atoms with Gasteiger partial charge in [-0.1, -0.05) is 127 Å². The van der Waals surface area contributed by atoms with Crippen molar-refractivity contribution in [2.24, 2.45) is 0 Å². The van der Waals surface area contributed by atoms with Gasteiger partial charge in [0.15, 0.2) is 17.5 Å². The fourth-order valence-electron chi connectivity index (χ4n) is 6.93. The molecule has 0 fully saturated rings. The number of hydrogen-bond donors (Lipinski definition) is 0. The third-order valence-corrected chi connectivity index (χ3v) is 10.6. The molecule has 10 aromatic rings. The van der Waals surface area contributed by atoms with Crippen molar-refractivity contribution in [3.05, 3.63) is 176 Å². The van der Waals surface area contributed by atoms with Crippen LogP contribution in [0.3, 0.4) is 0 Å². The summed E-state index contributed by atoms with van der Waals surface area (Å²) in [7, 11) is 0. The van der Waals surface area contributed by atoms with E-state index in [-0.39, 0.29) is 0 Å². The van der Waals surface area contributed by atoms with Gasteiger partial charge in [0.1, 0.15) is 5.01 Å². The van der Waals surface area contributed by atoms with Crippen molar-refractivity contribution in [2.75, 3.05) is 0 Å². The SMILES string of the molecule is c1ccc(-c2nc(-c3ccccc3)nc(-c3ccc(-c4ccc(-n5c6ccccc6c6cc(-c7nc8ccccc8s7)ccc65)cc4)cc3)n2)cc1. The molecule has 3 heterocycles. The molecule has 52 heavy (non-hydrogen) atoms.